The third-order valence-corrected chi connectivity index (χ3v) is 3.17. The summed E-state index contributed by atoms with van der Waals surface area (Å²) in [5.74, 6) is -0.502. The largest absolute Gasteiger partial charge is 0.330 e. The van der Waals surface area contributed by atoms with Crippen molar-refractivity contribution in [3.05, 3.63) is 22.4 Å². The van der Waals surface area contributed by atoms with Gasteiger partial charge in [-0.15, -0.1) is 22.9 Å². The van der Waals surface area contributed by atoms with Gasteiger partial charge in [0.1, 0.15) is 5.38 Å². The summed E-state index contributed by atoms with van der Waals surface area (Å²) in [4.78, 5) is 23.5. The molecular formula is C10H13ClN2O2S. The number of hydrogen-bond donors (Lipinski definition) is 2. The van der Waals surface area contributed by atoms with E-state index in [1.54, 1.807) is 11.3 Å². The van der Waals surface area contributed by atoms with Gasteiger partial charge in [0, 0.05) is 4.88 Å². The third-order valence-electron chi connectivity index (χ3n) is 1.92. The van der Waals surface area contributed by atoms with Crippen molar-refractivity contribution >= 4 is 34.9 Å². The van der Waals surface area contributed by atoms with E-state index in [-0.39, 0.29) is 6.04 Å². The lowest BCUT2D eigenvalue weighted by Gasteiger charge is -2.12. The molecule has 0 spiro atoms. The number of amides is 3. The fraction of sp³-hybridized carbons (Fsp3) is 0.400. The Labute approximate surface area is 103 Å². The van der Waals surface area contributed by atoms with E-state index >= 15 is 0 Å². The molecule has 1 rings (SSSR count). The number of thiophene rings is 1. The molecule has 0 radical (unpaired) electrons. The highest BCUT2D eigenvalue weighted by Gasteiger charge is 2.15. The van der Waals surface area contributed by atoms with Gasteiger partial charge in [-0.3, -0.25) is 10.1 Å². The van der Waals surface area contributed by atoms with Crippen molar-refractivity contribution in [2.24, 2.45) is 0 Å². The highest BCUT2D eigenvalue weighted by molar-refractivity contribution is 7.10. The molecule has 1 aromatic heterocycles. The Morgan fingerprint density at radius 2 is 2.12 bits per heavy atom. The van der Waals surface area contributed by atoms with Crippen molar-refractivity contribution < 1.29 is 9.59 Å². The number of hydrogen-bond acceptors (Lipinski definition) is 3. The first kappa shape index (κ1) is 13.0. The molecule has 0 aliphatic rings. The summed E-state index contributed by atoms with van der Waals surface area (Å²) >= 11 is 7.06. The quantitative estimate of drug-likeness (QED) is 0.819. The minimum atomic E-state index is -0.720. The van der Waals surface area contributed by atoms with Crippen LogP contribution in [-0.4, -0.2) is 17.3 Å². The fourth-order valence-corrected chi connectivity index (χ4v) is 1.84. The minimum Gasteiger partial charge on any atom is -0.330 e. The molecule has 0 saturated carbocycles. The number of carbonyl (C=O) groups is 2. The molecule has 2 unspecified atom stereocenters. The molecule has 1 heterocycles. The molecule has 3 amide bonds. The molecule has 4 nitrogen and oxygen atoms in total. The Hall–Kier alpha value is -1.07. The van der Waals surface area contributed by atoms with Crippen LogP contribution in [0.15, 0.2) is 17.5 Å². The minimum absolute atomic E-state index is 0.126. The highest BCUT2D eigenvalue weighted by atomic mass is 35.5. The van der Waals surface area contributed by atoms with Gasteiger partial charge in [0.2, 0.25) is 5.91 Å². The molecule has 0 fully saturated rings. The zero-order valence-corrected chi connectivity index (χ0v) is 10.6. The second kappa shape index (κ2) is 5.86. The fourth-order valence-electron chi connectivity index (χ4n) is 1.05. The van der Waals surface area contributed by atoms with Gasteiger partial charge >= 0.3 is 6.03 Å². The van der Waals surface area contributed by atoms with E-state index in [2.05, 4.69) is 10.6 Å². The molecule has 88 valence electrons. The van der Waals surface area contributed by atoms with Crippen LogP contribution >= 0.6 is 22.9 Å². The number of halogens is 1. The first-order valence-corrected chi connectivity index (χ1v) is 6.11. The molecular weight excluding hydrogens is 248 g/mol. The number of rotatable bonds is 3. The first-order chi connectivity index (χ1) is 7.50. The number of alkyl halides is 1. The Morgan fingerprint density at radius 1 is 1.44 bits per heavy atom. The predicted molar refractivity (Wildman–Crippen MR) is 64.7 cm³/mol. The summed E-state index contributed by atoms with van der Waals surface area (Å²) < 4.78 is 0. The van der Waals surface area contributed by atoms with Crippen LogP contribution in [-0.2, 0) is 4.79 Å². The summed E-state index contributed by atoms with van der Waals surface area (Å²) in [7, 11) is 0. The second-order valence-electron chi connectivity index (χ2n) is 3.32. The van der Waals surface area contributed by atoms with Crippen LogP contribution in [0.5, 0.6) is 0 Å². The van der Waals surface area contributed by atoms with Crippen molar-refractivity contribution in [3.63, 3.8) is 0 Å². The van der Waals surface area contributed by atoms with E-state index in [0.717, 1.165) is 4.88 Å². The smallest absolute Gasteiger partial charge is 0.321 e. The SMILES string of the molecule is CC(Cl)C(=O)NC(=O)NC(C)c1cccs1. The Bertz CT molecular complexity index is 365. The average molecular weight is 261 g/mol. The van der Waals surface area contributed by atoms with Gasteiger partial charge in [-0.25, -0.2) is 4.79 Å². The van der Waals surface area contributed by atoms with E-state index in [1.165, 1.54) is 6.92 Å². The van der Waals surface area contributed by atoms with E-state index in [1.807, 2.05) is 24.4 Å². The van der Waals surface area contributed by atoms with Gasteiger partial charge in [0.05, 0.1) is 6.04 Å². The van der Waals surface area contributed by atoms with Gasteiger partial charge in [0.25, 0.3) is 0 Å². The molecule has 0 aliphatic carbocycles. The van der Waals surface area contributed by atoms with Gasteiger partial charge in [0.15, 0.2) is 0 Å². The van der Waals surface area contributed by atoms with Crippen molar-refractivity contribution in [2.75, 3.05) is 0 Å². The molecule has 0 aliphatic heterocycles. The predicted octanol–water partition coefficient (Wildman–Crippen LogP) is 2.26. The van der Waals surface area contributed by atoms with E-state index in [0.29, 0.717) is 0 Å². The van der Waals surface area contributed by atoms with Crippen LogP contribution in [0.25, 0.3) is 0 Å². The van der Waals surface area contributed by atoms with Crippen LogP contribution in [0, 0.1) is 0 Å². The van der Waals surface area contributed by atoms with Crippen LogP contribution in [0.4, 0.5) is 4.79 Å². The van der Waals surface area contributed by atoms with Gasteiger partial charge < -0.3 is 5.32 Å². The van der Waals surface area contributed by atoms with Gasteiger partial charge in [-0.1, -0.05) is 6.07 Å². The van der Waals surface area contributed by atoms with E-state index < -0.39 is 17.3 Å². The maximum atomic E-state index is 11.4. The monoisotopic (exact) mass is 260 g/mol. The average Bonchev–Trinajstić information content (AvgIpc) is 2.69. The maximum Gasteiger partial charge on any atom is 0.321 e. The normalized spacial score (nSPS) is 13.9. The molecule has 0 aromatic carbocycles. The summed E-state index contributed by atoms with van der Waals surface area (Å²) in [6.07, 6.45) is 0. The van der Waals surface area contributed by atoms with E-state index in [9.17, 15) is 9.59 Å². The maximum absolute atomic E-state index is 11.4. The molecule has 1 aromatic rings. The number of nitrogens with one attached hydrogen (secondary N) is 2. The van der Waals surface area contributed by atoms with Crippen LogP contribution in [0.1, 0.15) is 24.8 Å². The zero-order valence-electron chi connectivity index (χ0n) is 8.99. The molecule has 16 heavy (non-hydrogen) atoms. The second-order valence-corrected chi connectivity index (χ2v) is 4.95. The van der Waals surface area contributed by atoms with Crippen LogP contribution in [0.3, 0.4) is 0 Å². The summed E-state index contributed by atoms with van der Waals surface area (Å²) in [5.41, 5.74) is 0. The lowest BCUT2D eigenvalue weighted by molar-refractivity contribution is -0.119. The van der Waals surface area contributed by atoms with Crippen LogP contribution < -0.4 is 10.6 Å². The summed E-state index contributed by atoms with van der Waals surface area (Å²) in [6, 6.07) is 3.17. The molecule has 0 bridgehead atoms. The summed E-state index contributed by atoms with van der Waals surface area (Å²) in [5, 5.41) is 6.01. The number of urea groups is 1. The topological polar surface area (TPSA) is 58.2 Å². The Morgan fingerprint density at radius 3 is 2.62 bits per heavy atom. The third kappa shape index (κ3) is 3.83. The lowest BCUT2D eigenvalue weighted by atomic mass is 10.3. The van der Waals surface area contributed by atoms with Crippen LogP contribution in [0.2, 0.25) is 0 Å². The molecule has 0 saturated heterocycles. The summed E-state index contributed by atoms with van der Waals surface area (Å²) in [6.45, 7) is 3.35. The number of imide groups is 1. The lowest BCUT2D eigenvalue weighted by Crippen LogP contribution is -2.42. The standard InChI is InChI=1S/C10H13ClN2O2S/c1-6(11)9(14)13-10(15)12-7(2)8-4-3-5-16-8/h3-7H,1-2H3,(H2,12,13,14,15). The van der Waals surface area contributed by atoms with Gasteiger partial charge in [-0.2, -0.15) is 0 Å². The van der Waals surface area contributed by atoms with Crippen molar-refractivity contribution in [2.45, 2.75) is 25.3 Å². The van der Waals surface area contributed by atoms with Crippen molar-refractivity contribution in [3.8, 4) is 0 Å². The molecule has 2 N–H and O–H groups in total. The number of carbonyl (C=O) groups excluding carboxylic acids is 2. The first-order valence-electron chi connectivity index (χ1n) is 4.79. The van der Waals surface area contributed by atoms with Crippen molar-refractivity contribution in [1.82, 2.24) is 10.6 Å². The Kier molecular flexibility index (Phi) is 4.76. The molecule has 6 heteroatoms. The molecule has 2 atom stereocenters. The van der Waals surface area contributed by atoms with E-state index in [4.69, 9.17) is 11.6 Å². The van der Waals surface area contributed by atoms with Gasteiger partial charge in [-0.05, 0) is 25.3 Å². The highest BCUT2D eigenvalue weighted by Crippen LogP contribution is 2.17. The zero-order chi connectivity index (χ0) is 12.1. The van der Waals surface area contributed by atoms with Crippen molar-refractivity contribution in [1.29, 1.82) is 0 Å². The Balaban J connectivity index is 2.43.